The summed E-state index contributed by atoms with van der Waals surface area (Å²) >= 11 is 2.88. The van der Waals surface area contributed by atoms with Crippen molar-refractivity contribution in [1.29, 1.82) is 0 Å². The third-order valence-electron chi connectivity index (χ3n) is 6.17. The minimum Gasteiger partial charge on any atom is -0.465 e. The van der Waals surface area contributed by atoms with Gasteiger partial charge in [0.15, 0.2) is 5.16 Å². The van der Waals surface area contributed by atoms with Crippen LogP contribution in [0.5, 0.6) is 0 Å². The van der Waals surface area contributed by atoms with E-state index in [0.29, 0.717) is 17.1 Å². The van der Waals surface area contributed by atoms with Crippen LogP contribution in [0, 0.1) is 0 Å². The molecule has 1 aliphatic carbocycles. The molecule has 180 valence electrons. The molecule has 4 rings (SSSR count). The number of anilines is 1. The molecule has 1 aliphatic heterocycles. The van der Waals surface area contributed by atoms with Crippen LogP contribution in [0.1, 0.15) is 72.1 Å². The summed E-state index contributed by atoms with van der Waals surface area (Å²) < 4.78 is 12.9. The van der Waals surface area contributed by atoms with Gasteiger partial charge >= 0.3 is 5.97 Å². The van der Waals surface area contributed by atoms with Crippen molar-refractivity contribution in [1.82, 2.24) is 14.8 Å². The van der Waals surface area contributed by atoms with Crippen molar-refractivity contribution < 1.29 is 19.1 Å². The fourth-order valence-electron chi connectivity index (χ4n) is 4.48. The standard InChI is InChI=1S/C23H32N4O4S2/c1-3-18-25-26-23(27(18)13-15-9-8-12-31-15)32-14-19(28)24-21-20(22(29)30-2)16-10-6-4-5-7-11-17(16)33-21/h15H,3-14H2,1-2H3,(H,24,28). The van der Waals surface area contributed by atoms with E-state index >= 15 is 0 Å². The molecule has 1 saturated heterocycles. The zero-order valence-corrected chi connectivity index (χ0v) is 21.0. The number of amides is 1. The molecule has 3 heterocycles. The number of ether oxygens (including phenoxy) is 2. The summed E-state index contributed by atoms with van der Waals surface area (Å²) in [6, 6.07) is 0. The van der Waals surface area contributed by atoms with E-state index in [-0.39, 0.29) is 23.7 Å². The van der Waals surface area contributed by atoms with Gasteiger partial charge in [0.1, 0.15) is 10.8 Å². The maximum Gasteiger partial charge on any atom is 0.341 e. The highest BCUT2D eigenvalue weighted by molar-refractivity contribution is 7.99. The van der Waals surface area contributed by atoms with Crippen molar-refractivity contribution in [3.63, 3.8) is 0 Å². The number of esters is 1. The van der Waals surface area contributed by atoms with E-state index in [1.165, 1.54) is 47.9 Å². The summed E-state index contributed by atoms with van der Waals surface area (Å²) in [5.41, 5.74) is 1.59. The molecule has 0 saturated carbocycles. The summed E-state index contributed by atoms with van der Waals surface area (Å²) in [4.78, 5) is 26.6. The summed E-state index contributed by atoms with van der Waals surface area (Å²) in [5.74, 6) is 0.555. The Morgan fingerprint density at radius 2 is 2.03 bits per heavy atom. The number of aryl methyl sites for hydroxylation is 2. The van der Waals surface area contributed by atoms with E-state index in [4.69, 9.17) is 9.47 Å². The van der Waals surface area contributed by atoms with Gasteiger partial charge < -0.3 is 19.4 Å². The number of carbonyl (C=O) groups excluding carboxylic acids is 2. The number of hydrogen-bond donors (Lipinski definition) is 1. The second-order valence-electron chi connectivity index (χ2n) is 8.45. The Morgan fingerprint density at radius 3 is 2.76 bits per heavy atom. The normalized spacial score (nSPS) is 18.4. The van der Waals surface area contributed by atoms with E-state index in [9.17, 15) is 9.59 Å². The Labute approximate surface area is 202 Å². The second kappa shape index (κ2) is 11.5. The molecule has 1 atom stereocenters. The third kappa shape index (κ3) is 5.78. The number of nitrogens with one attached hydrogen (secondary N) is 1. The molecule has 0 aromatic carbocycles. The van der Waals surface area contributed by atoms with E-state index in [1.54, 1.807) is 0 Å². The van der Waals surface area contributed by atoms with E-state index in [2.05, 4.69) is 27.0 Å². The topological polar surface area (TPSA) is 95.3 Å². The highest BCUT2D eigenvalue weighted by Crippen LogP contribution is 2.37. The zero-order valence-electron chi connectivity index (χ0n) is 19.4. The van der Waals surface area contributed by atoms with Crippen LogP contribution in [0.15, 0.2) is 5.16 Å². The van der Waals surface area contributed by atoms with Gasteiger partial charge in [-0.25, -0.2) is 4.79 Å². The number of carbonyl (C=O) groups is 2. The Kier molecular flexibility index (Phi) is 8.43. The Hall–Kier alpha value is -1.91. The average Bonchev–Trinajstić information content (AvgIpc) is 3.52. The molecule has 8 nitrogen and oxygen atoms in total. The van der Waals surface area contributed by atoms with Gasteiger partial charge in [0.25, 0.3) is 0 Å². The van der Waals surface area contributed by atoms with Gasteiger partial charge in [-0.2, -0.15) is 0 Å². The first-order chi connectivity index (χ1) is 16.1. The number of thiophene rings is 1. The average molecular weight is 493 g/mol. The highest BCUT2D eigenvalue weighted by Gasteiger charge is 2.26. The van der Waals surface area contributed by atoms with Crippen molar-refractivity contribution in [2.45, 2.75) is 82.5 Å². The molecular formula is C23H32N4O4S2. The molecule has 2 aromatic heterocycles. The fraction of sp³-hybridized carbons (Fsp3) is 0.652. The van der Waals surface area contributed by atoms with E-state index in [0.717, 1.165) is 68.1 Å². The van der Waals surface area contributed by atoms with E-state index < -0.39 is 0 Å². The molecule has 0 bridgehead atoms. The molecular weight excluding hydrogens is 460 g/mol. The largest absolute Gasteiger partial charge is 0.465 e. The Morgan fingerprint density at radius 1 is 1.21 bits per heavy atom. The van der Waals surface area contributed by atoms with Crippen LogP contribution in [0.4, 0.5) is 5.00 Å². The van der Waals surface area contributed by atoms with Gasteiger partial charge in [0, 0.05) is 17.9 Å². The lowest BCUT2D eigenvalue weighted by Crippen LogP contribution is -2.19. The van der Waals surface area contributed by atoms with Gasteiger partial charge in [-0.1, -0.05) is 31.5 Å². The molecule has 0 radical (unpaired) electrons. The number of fused-ring (bicyclic) bond motifs is 1. The lowest BCUT2D eigenvalue weighted by molar-refractivity contribution is -0.113. The molecule has 1 fully saturated rings. The monoisotopic (exact) mass is 492 g/mol. The first-order valence-corrected chi connectivity index (χ1v) is 13.6. The van der Waals surface area contributed by atoms with Crippen LogP contribution in [0.25, 0.3) is 0 Å². The fourth-order valence-corrected chi connectivity index (χ4v) is 6.54. The number of rotatable bonds is 8. The lowest BCUT2D eigenvalue weighted by atomic mass is 9.96. The number of thioether (sulfide) groups is 1. The SMILES string of the molecule is CCc1nnc(SCC(=O)Nc2sc3c(c2C(=O)OC)CCCCCC3)n1CC1CCCO1. The number of nitrogens with zero attached hydrogens (tertiary/aromatic N) is 3. The predicted octanol–water partition coefficient (Wildman–Crippen LogP) is 4.26. The van der Waals surface area contributed by atoms with Gasteiger partial charge in [-0.3, -0.25) is 4.79 Å². The van der Waals surface area contributed by atoms with Crippen LogP contribution in [0.3, 0.4) is 0 Å². The molecule has 10 heteroatoms. The molecule has 33 heavy (non-hydrogen) atoms. The Bertz CT molecular complexity index is 982. The lowest BCUT2D eigenvalue weighted by Gasteiger charge is -2.14. The summed E-state index contributed by atoms with van der Waals surface area (Å²) in [6.45, 7) is 3.56. The summed E-state index contributed by atoms with van der Waals surface area (Å²) in [5, 5.41) is 12.9. The van der Waals surface area contributed by atoms with Crippen molar-refractivity contribution in [2.75, 3.05) is 24.8 Å². The second-order valence-corrected chi connectivity index (χ2v) is 10.5. The van der Waals surface area contributed by atoms with Crippen molar-refractivity contribution in [3.8, 4) is 0 Å². The maximum atomic E-state index is 12.9. The van der Waals surface area contributed by atoms with E-state index in [1.807, 2.05) is 0 Å². The van der Waals surface area contributed by atoms with Crippen LogP contribution >= 0.6 is 23.1 Å². The smallest absolute Gasteiger partial charge is 0.341 e. The molecule has 1 amide bonds. The third-order valence-corrected chi connectivity index (χ3v) is 8.34. The van der Waals surface area contributed by atoms with Crippen LogP contribution in [0.2, 0.25) is 0 Å². The predicted molar refractivity (Wildman–Crippen MR) is 129 cm³/mol. The van der Waals surface area contributed by atoms with Crippen LogP contribution in [-0.2, 0) is 40.1 Å². The summed E-state index contributed by atoms with van der Waals surface area (Å²) in [7, 11) is 1.39. The number of aromatic nitrogens is 3. The number of methoxy groups -OCH3 is 1. The molecule has 2 aliphatic rings. The van der Waals surface area contributed by atoms with Gasteiger partial charge in [0.05, 0.1) is 31.1 Å². The molecule has 2 aromatic rings. The molecule has 1 unspecified atom stereocenters. The Balaban J connectivity index is 1.46. The van der Waals surface area contributed by atoms with Gasteiger partial charge in [0.2, 0.25) is 5.91 Å². The van der Waals surface area contributed by atoms with Crippen molar-refractivity contribution in [3.05, 3.63) is 21.8 Å². The number of hydrogen-bond acceptors (Lipinski definition) is 8. The first kappa shape index (κ1) is 24.2. The minimum absolute atomic E-state index is 0.163. The van der Waals surface area contributed by atoms with Gasteiger partial charge in [-0.15, -0.1) is 21.5 Å². The molecule has 0 spiro atoms. The quantitative estimate of drug-likeness (QED) is 0.435. The summed E-state index contributed by atoms with van der Waals surface area (Å²) in [6.07, 6.45) is 9.39. The zero-order chi connectivity index (χ0) is 23.2. The minimum atomic E-state index is -0.375. The molecule has 1 N–H and O–H groups in total. The maximum absolute atomic E-state index is 12.9. The van der Waals surface area contributed by atoms with Crippen molar-refractivity contribution in [2.24, 2.45) is 0 Å². The van der Waals surface area contributed by atoms with Gasteiger partial charge in [-0.05, 0) is 44.1 Å². The van der Waals surface area contributed by atoms with Crippen LogP contribution < -0.4 is 5.32 Å². The van der Waals surface area contributed by atoms with Crippen LogP contribution in [-0.4, -0.2) is 52.2 Å². The van der Waals surface area contributed by atoms with Crippen molar-refractivity contribution >= 4 is 40.0 Å². The highest BCUT2D eigenvalue weighted by atomic mass is 32.2. The first-order valence-electron chi connectivity index (χ1n) is 11.8.